The van der Waals surface area contributed by atoms with Crippen molar-refractivity contribution in [3.05, 3.63) is 23.8 Å². The summed E-state index contributed by atoms with van der Waals surface area (Å²) >= 11 is 0. The topological polar surface area (TPSA) is 69.6 Å². The highest BCUT2D eigenvalue weighted by Crippen LogP contribution is 2.28. The molecule has 30 heavy (non-hydrogen) atoms. The van der Waals surface area contributed by atoms with Crippen LogP contribution in [0.5, 0.6) is 11.5 Å². The highest BCUT2D eigenvalue weighted by Gasteiger charge is 2.25. The van der Waals surface area contributed by atoms with Gasteiger partial charge in [-0.25, -0.2) is 4.99 Å². The van der Waals surface area contributed by atoms with E-state index < -0.39 is 0 Å². The van der Waals surface area contributed by atoms with Crippen LogP contribution in [-0.2, 0) is 6.54 Å². The first-order valence-corrected chi connectivity index (χ1v) is 10.8. The minimum absolute atomic E-state index is 0. The van der Waals surface area contributed by atoms with Crippen LogP contribution < -0.4 is 14.8 Å². The third-order valence-corrected chi connectivity index (χ3v) is 5.32. The Balaban J connectivity index is 0.00000450. The van der Waals surface area contributed by atoms with Gasteiger partial charge in [0.15, 0.2) is 17.5 Å². The maximum atomic E-state index is 8.94. The zero-order valence-corrected chi connectivity index (χ0v) is 21.2. The molecule has 2 N–H and O–H groups in total. The van der Waals surface area contributed by atoms with E-state index in [9.17, 15) is 0 Å². The number of aliphatic imine (C=N–C) groups is 1. The van der Waals surface area contributed by atoms with Gasteiger partial charge in [0.05, 0.1) is 20.3 Å². The minimum Gasteiger partial charge on any atom is -0.493 e. The van der Waals surface area contributed by atoms with Crippen LogP contribution >= 0.6 is 24.0 Å². The second-order valence-electron chi connectivity index (χ2n) is 7.31. The lowest BCUT2D eigenvalue weighted by Gasteiger charge is -2.24. The van der Waals surface area contributed by atoms with Crippen LogP contribution in [0.3, 0.4) is 0 Å². The molecule has 1 aromatic carbocycles. The number of nitrogens with zero attached hydrogens (tertiary/aromatic N) is 3. The Labute approximate surface area is 198 Å². The number of hydrogen-bond donors (Lipinski definition) is 2. The van der Waals surface area contributed by atoms with Crippen molar-refractivity contribution in [2.24, 2.45) is 10.9 Å². The van der Waals surface area contributed by atoms with E-state index in [1.165, 1.54) is 6.42 Å². The predicted octanol–water partition coefficient (Wildman–Crippen LogP) is 2.81. The number of nitrogens with one attached hydrogen (secondary N) is 1. The van der Waals surface area contributed by atoms with Crippen LogP contribution in [-0.4, -0.2) is 80.5 Å². The number of aliphatic hydroxyl groups excluding tert-OH is 1. The van der Waals surface area contributed by atoms with E-state index in [1.54, 1.807) is 7.11 Å². The molecular formula is C22H39IN4O3. The summed E-state index contributed by atoms with van der Waals surface area (Å²) in [4.78, 5) is 9.76. The lowest BCUT2D eigenvalue weighted by atomic mass is 10.1. The van der Waals surface area contributed by atoms with Gasteiger partial charge in [0.25, 0.3) is 0 Å². The molecule has 0 saturated carbocycles. The summed E-state index contributed by atoms with van der Waals surface area (Å²) in [5, 5.41) is 12.4. The van der Waals surface area contributed by atoms with Gasteiger partial charge in [0.1, 0.15) is 6.61 Å². The molecule has 0 aromatic heterocycles. The van der Waals surface area contributed by atoms with Crippen LogP contribution in [0.25, 0.3) is 0 Å². The van der Waals surface area contributed by atoms with Crippen molar-refractivity contribution in [2.45, 2.75) is 33.7 Å². The quantitative estimate of drug-likeness (QED) is 0.259. The largest absolute Gasteiger partial charge is 0.493 e. The third-order valence-electron chi connectivity index (χ3n) is 5.32. The van der Waals surface area contributed by atoms with Crippen LogP contribution in [0.1, 0.15) is 32.8 Å². The lowest BCUT2D eigenvalue weighted by Crippen LogP contribution is -2.40. The van der Waals surface area contributed by atoms with Crippen LogP contribution in [0.15, 0.2) is 23.2 Å². The van der Waals surface area contributed by atoms with Crippen molar-refractivity contribution in [1.29, 1.82) is 0 Å². The molecule has 1 heterocycles. The Hall–Kier alpha value is -1.26. The number of likely N-dealkylation sites (tertiary alicyclic amines) is 1. The molecule has 1 aromatic rings. The molecule has 0 radical (unpaired) electrons. The lowest BCUT2D eigenvalue weighted by molar-refractivity contribution is 0.196. The first-order valence-electron chi connectivity index (χ1n) is 10.8. The molecule has 1 aliphatic rings. The molecule has 0 amide bonds. The molecule has 1 unspecified atom stereocenters. The first kappa shape index (κ1) is 26.8. The maximum absolute atomic E-state index is 8.94. The Morgan fingerprint density at radius 2 is 2.03 bits per heavy atom. The fraction of sp³-hybridized carbons (Fsp3) is 0.682. The fourth-order valence-corrected chi connectivity index (χ4v) is 3.70. The Morgan fingerprint density at radius 1 is 1.27 bits per heavy atom. The summed E-state index contributed by atoms with van der Waals surface area (Å²) in [6.45, 7) is 13.7. The van der Waals surface area contributed by atoms with Gasteiger partial charge in [-0.1, -0.05) is 19.9 Å². The zero-order chi connectivity index (χ0) is 21.1. The predicted molar refractivity (Wildman–Crippen MR) is 133 cm³/mol. The van der Waals surface area contributed by atoms with Crippen LogP contribution in [0, 0.1) is 5.92 Å². The van der Waals surface area contributed by atoms with E-state index in [1.807, 2.05) is 18.2 Å². The Bertz CT molecular complexity index is 641. The number of ether oxygens (including phenoxy) is 2. The van der Waals surface area contributed by atoms with Gasteiger partial charge in [0.2, 0.25) is 0 Å². The van der Waals surface area contributed by atoms with E-state index in [4.69, 9.17) is 19.6 Å². The van der Waals surface area contributed by atoms with E-state index in [0.29, 0.717) is 24.0 Å². The number of rotatable bonds is 11. The van der Waals surface area contributed by atoms with Crippen molar-refractivity contribution in [3.8, 4) is 11.5 Å². The molecule has 1 saturated heterocycles. The number of aliphatic hydroxyl groups is 1. The van der Waals surface area contributed by atoms with Crippen molar-refractivity contribution >= 4 is 29.9 Å². The SMILES string of the molecule is CCNC(=NCc1ccc(OCCO)c(OC)c1)N1CCC(CN(CC)CC)C1.I. The van der Waals surface area contributed by atoms with Crippen molar-refractivity contribution in [3.63, 3.8) is 0 Å². The molecule has 0 aliphatic carbocycles. The molecular weight excluding hydrogens is 495 g/mol. The second kappa shape index (κ2) is 14.7. The molecule has 1 fully saturated rings. The standard InChI is InChI=1S/C22H38N4O3.HI/c1-5-23-22(26-11-10-19(17-26)16-25(6-2)7-3)24-15-18-8-9-20(29-13-12-27)21(14-18)28-4;/h8-9,14,19,27H,5-7,10-13,15-17H2,1-4H3,(H,23,24);1H. The Morgan fingerprint density at radius 3 is 2.67 bits per heavy atom. The van der Waals surface area contributed by atoms with E-state index in [0.717, 1.165) is 50.8 Å². The second-order valence-corrected chi connectivity index (χ2v) is 7.31. The Kier molecular flexibility index (Phi) is 13.1. The summed E-state index contributed by atoms with van der Waals surface area (Å²) in [6, 6.07) is 5.82. The normalized spacial score (nSPS) is 16.5. The fourth-order valence-electron chi connectivity index (χ4n) is 3.70. The average Bonchev–Trinajstić information content (AvgIpc) is 3.22. The summed E-state index contributed by atoms with van der Waals surface area (Å²) in [7, 11) is 1.62. The molecule has 0 bridgehead atoms. The molecule has 8 heteroatoms. The number of methoxy groups -OCH3 is 1. The number of benzene rings is 1. The maximum Gasteiger partial charge on any atom is 0.194 e. The molecule has 1 aliphatic heterocycles. The average molecular weight is 534 g/mol. The molecule has 0 spiro atoms. The summed E-state index contributed by atoms with van der Waals surface area (Å²) in [6.07, 6.45) is 1.21. The van der Waals surface area contributed by atoms with Gasteiger partial charge in [-0.05, 0) is 50.0 Å². The highest BCUT2D eigenvalue weighted by atomic mass is 127. The van der Waals surface area contributed by atoms with Gasteiger partial charge in [-0.3, -0.25) is 0 Å². The molecule has 7 nitrogen and oxygen atoms in total. The van der Waals surface area contributed by atoms with Gasteiger partial charge in [-0.2, -0.15) is 0 Å². The summed E-state index contributed by atoms with van der Waals surface area (Å²) in [5.74, 6) is 2.98. The van der Waals surface area contributed by atoms with E-state index in [2.05, 4.69) is 35.9 Å². The van der Waals surface area contributed by atoms with Gasteiger partial charge >= 0.3 is 0 Å². The molecule has 1 atom stereocenters. The number of hydrogen-bond acceptors (Lipinski definition) is 5. The van der Waals surface area contributed by atoms with Crippen LogP contribution in [0.4, 0.5) is 0 Å². The molecule has 2 rings (SSSR count). The monoisotopic (exact) mass is 534 g/mol. The van der Waals surface area contributed by atoms with Gasteiger partial charge in [-0.15, -0.1) is 24.0 Å². The minimum atomic E-state index is -0.0215. The zero-order valence-electron chi connectivity index (χ0n) is 18.9. The number of guanidine groups is 1. The third kappa shape index (κ3) is 8.11. The van der Waals surface area contributed by atoms with Crippen molar-refractivity contribution in [2.75, 3.05) is 59.6 Å². The first-order chi connectivity index (χ1) is 14.1. The van der Waals surface area contributed by atoms with Crippen molar-refractivity contribution < 1.29 is 14.6 Å². The van der Waals surface area contributed by atoms with Crippen molar-refractivity contribution in [1.82, 2.24) is 15.1 Å². The molecule has 172 valence electrons. The summed E-state index contributed by atoms with van der Waals surface area (Å²) in [5.41, 5.74) is 1.06. The smallest absolute Gasteiger partial charge is 0.194 e. The van der Waals surface area contributed by atoms with Gasteiger partial charge < -0.3 is 29.7 Å². The van der Waals surface area contributed by atoms with Gasteiger partial charge in [0, 0.05) is 26.2 Å². The van der Waals surface area contributed by atoms with E-state index >= 15 is 0 Å². The van der Waals surface area contributed by atoms with E-state index in [-0.39, 0.29) is 37.2 Å². The van der Waals surface area contributed by atoms with Crippen LogP contribution in [0.2, 0.25) is 0 Å². The highest BCUT2D eigenvalue weighted by molar-refractivity contribution is 14.0. The summed E-state index contributed by atoms with van der Waals surface area (Å²) < 4.78 is 10.9. The number of halogens is 1.